The van der Waals surface area contributed by atoms with Crippen LogP contribution in [0.4, 0.5) is 0 Å². The van der Waals surface area contributed by atoms with E-state index >= 15 is 19.2 Å². The van der Waals surface area contributed by atoms with E-state index in [-0.39, 0.29) is 72.3 Å². The average molecular weight is 1240 g/mol. The summed E-state index contributed by atoms with van der Waals surface area (Å²) < 4.78 is 25.2. The molecule has 2 heterocycles. The highest BCUT2D eigenvalue weighted by Crippen LogP contribution is 2.46. The first-order chi connectivity index (χ1) is 45.3. The van der Waals surface area contributed by atoms with Gasteiger partial charge in [0.1, 0.15) is 37.9 Å². The van der Waals surface area contributed by atoms with Crippen LogP contribution in [0.3, 0.4) is 0 Å². The highest BCUT2D eigenvalue weighted by Gasteiger charge is 2.29. The minimum Gasteiger partial charge on any atom is -0.490 e. The number of hydrogen-bond acceptors (Lipinski definition) is 10. The molecule has 12 heteroatoms. The molecule has 0 aliphatic rings. The van der Waals surface area contributed by atoms with E-state index in [1.54, 1.807) is 0 Å². The Labute approximate surface area is 539 Å². The molecule has 0 radical (unpaired) electrons. The first-order valence-corrected chi connectivity index (χ1v) is 32.1. The summed E-state index contributed by atoms with van der Waals surface area (Å²) in [5.41, 5.74) is 2.83. The van der Waals surface area contributed by atoms with Crippen molar-refractivity contribution in [1.82, 2.24) is 9.13 Å². The standard InChI is InChI=1S/C82H66N2O10/c1-11-71(85)93-27-25-91-53-37-63(41(3)4)77(64(38-53)42(5)6)83-79(87)59-21-17-55-67-33-49-29-45-13-15-47-31-51-35-69-57-19-23-61-76-62(82(90)84(81(61)89)78-65(43(7)8)39-54(40-66(78)44(9)10)92-26-28-94-72(86)12-2)24-20-58(74(57)76)70(69)36-52(51)32-48(47)16-14-46(45)30-50(49)34-68(67)56-18-22-60(80(83)88)75(59)73(55)56/h11-24,29-44H,1-2,25-28H2,3-10H3. The van der Waals surface area contributed by atoms with Crippen LogP contribution in [0, 0.1) is 0 Å². The molecule has 12 nitrogen and oxygen atoms in total. The quantitative estimate of drug-likeness (QED) is 0.0520. The van der Waals surface area contributed by atoms with E-state index in [2.05, 4.69) is 86.0 Å². The van der Waals surface area contributed by atoms with Crippen LogP contribution in [0.25, 0.3) is 141 Å². The molecule has 0 aliphatic carbocycles. The second-order valence-corrected chi connectivity index (χ2v) is 26.1. The first kappa shape index (κ1) is 59.3. The molecule has 13 aromatic carbocycles. The van der Waals surface area contributed by atoms with Crippen molar-refractivity contribution in [2.24, 2.45) is 0 Å². The smallest absolute Gasteiger partial charge is 0.330 e. The predicted octanol–water partition coefficient (Wildman–Crippen LogP) is 17.6. The molecule has 94 heavy (non-hydrogen) atoms. The van der Waals surface area contributed by atoms with Crippen LogP contribution in [0.2, 0.25) is 0 Å². The number of esters is 2. The molecule has 0 bridgehead atoms. The summed E-state index contributed by atoms with van der Waals surface area (Å²) >= 11 is 0. The van der Waals surface area contributed by atoms with Gasteiger partial charge < -0.3 is 18.9 Å². The van der Waals surface area contributed by atoms with Crippen molar-refractivity contribution in [1.29, 1.82) is 0 Å². The summed E-state index contributed by atoms with van der Waals surface area (Å²) in [6.07, 6.45) is 2.22. The number of ether oxygens (including phenoxy) is 4. The molecule has 0 aliphatic heterocycles. The van der Waals surface area contributed by atoms with Crippen LogP contribution in [0.1, 0.15) is 101 Å². The number of aromatic nitrogens is 2. The highest BCUT2D eigenvalue weighted by molar-refractivity contribution is 6.38. The number of nitrogens with zero attached hydrogens (tertiary/aromatic N) is 2. The highest BCUT2D eigenvalue weighted by atomic mass is 16.6. The van der Waals surface area contributed by atoms with Crippen molar-refractivity contribution in [3.05, 3.63) is 235 Å². The Balaban J connectivity index is 0.811. The van der Waals surface area contributed by atoms with E-state index < -0.39 is 11.9 Å². The molecule has 0 saturated carbocycles. The van der Waals surface area contributed by atoms with Crippen molar-refractivity contribution < 1.29 is 28.5 Å². The lowest BCUT2D eigenvalue weighted by Crippen LogP contribution is -2.33. The number of benzene rings is 10. The summed E-state index contributed by atoms with van der Waals surface area (Å²) in [6.45, 7) is 23.5. The van der Waals surface area contributed by atoms with Gasteiger partial charge in [-0.15, -0.1) is 0 Å². The van der Waals surface area contributed by atoms with Gasteiger partial charge in [-0.2, -0.15) is 0 Å². The van der Waals surface area contributed by atoms with Gasteiger partial charge >= 0.3 is 11.9 Å². The lowest BCUT2D eigenvalue weighted by atomic mass is 9.91. The number of hydrogen-bond donors (Lipinski definition) is 0. The van der Waals surface area contributed by atoms with Crippen molar-refractivity contribution in [2.75, 3.05) is 26.4 Å². The monoisotopic (exact) mass is 1240 g/mol. The van der Waals surface area contributed by atoms with E-state index in [0.29, 0.717) is 55.2 Å². The fourth-order valence-electron chi connectivity index (χ4n) is 14.7. The van der Waals surface area contributed by atoms with Crippen LogP contribution < -0.4 is 31.7 Å². The van der Waals surface area contributed by atoms with E-state index in [1.165, 1.54) is 9.13 Å². The van der Waals surface area contributed by atoms with Gasteiger partial charge in [-0.05, 0) is 240 Å². The Kier molecular flexibility index (Phi) is 14.1. The Morgan fingerprint density at radius 3 is 0.819 bits per heavy atom. The zero-order chi connectivity index (χ0) is 65.4. The Bertz CT molecular complexity index is 5380. The maximum Gasteiger partial charge on any atom is 0.330 e. The van der Waals surface area contributed by atoms with Crippen molar-refractivity contribution in [3.63, 3.8) is 0 Å². The molecule has 0 amide bonds. The molecule has 0 unspecified atom stereocenters. The summed E-state index contributed by atoms with van der Waals surface area (Å²) in [5, 5.41) is 21.6. The first-order valence-electron chi connectivity index (χ1n) is 32.1. The van der Waals surface area contributed by atoms with Crippen molar-refractivity contribution >= 4 is 141 Å². The van der Waals surface area contributed by atoms with Gasteiger partial charge in [0.15, 0.2) is 0 Å². The van der Waals surface area contributed by atoms with E-state index in [0.717, 1.165) is 131 Å². The van der Waals surface area contributed by atoms with Crippen LogP contribution in [-0.4, -0.2) is 47.5 Å². The molecule has 0 atom stereocenters. The Hall–Kier alpha value is -11.0. The van der Waals surface area contributed by atoms with Gasteiger partial charge in [-0.25, -0.2) is 18.7 Å². The maximum atomic E-state index is 15.1. The van der Waals surface area contributed by atoms with Gasteiger partial charge in [0.05, 0.1) is 11.4 Å². The van der Waals surface area contributed by atoms with Crippen molar-refractivity contribution in [2.45, 2.75) is 79.1 Å². The third-order valence-corrected chi connectivity index (χ3v) is 19.2. The van der Waals surface area contributed by atoms with Crippen LogP contribution >= 0.6 is 0 Å². The minimum absolute atomic E-state index is 0.0423. The lowest BCUT2D eigenvalue weighted by molar-refractivity contribution is -0.139. The summed E-state index contributed by atoms with van der Waals surface area (Å²) in [5.74, 6) is -0.266. The fraction of sp³-hybridized carbons (Fsp3) is 0.195. The van der Waals surface area contributed by atoms with Gasteiger partial charge in [0.25, 0.3) is 22.2 Å². The molecule has 15 aromatic rings. The summed E-state index contributed by atoms with van der Waals surface area (Å²) in [7, 11) is 0. The van der Waals surface area contributed by atoms with E-state index in [1.807, 2.05) is 128 Å². The molecular weight excluding hydrogens is 1170 g/mol. The molecule has 0 fully saturated rings. The number of carbonyl (C=O) groups excluding carboxylic acids is 2. The van der Waals surface area contributed by atoms with Crippen LogP contribution in [0.5, 0.6) is 11.5 Å². The normalized spacial score (nSPS) is 12.3. The molecule has 2 aromatic heterocycles. The molecule has 464 valence electrons. The van der Waals surface area contributed by atoms with Crippen LogP contribution in [0.15, 0.2) is 190 Å². The van der Waals surface area contributed by atoms with Crippen LogP contribution in [-0.2, 0) is 19.1 Å². The minimum atomic E-state index is -0.532. The maximum absolute atomic E-state index is 15.1. The SMILES string of the molecule is C=CC(=O)OCCOc1cc(C(C)C)c(-n2c(=O)c3ccc4c5cc6cc7ccc8cc9cc%10c(cc9cc8ccc7cc6cc5c5ccc(c2=O)c3c45)c2ccc3c(=O)n(-c4c(C(C)C)cc(OCCOC(=O)C=C)cc4C(C)C)c(=O)c4ccc%10c2c43)c(C(C)C)c1. The van der Waals surface area contributed by atoms with Gasteiger partial charge in [0, 0.05) is 44.5 Å². The van der Waals surface area contributed by atoms with E-state index in [4.69, 9.17) is 18.9 Å². The van der Waals surface area contributed by atoms with Gasteiger partial charge in [-0.1, -0.05) is 117 Å². The zero-order valence-electron chi connectivity index (χ0n) is 53.5. The molecule has 0 N–H and O–H groups in total. The number of carbonyl (C=O) groups is 2. The van der Waals surface area contributed by atoms with Gasteiger partial charge in [0.2, 0.25) is 0 Å². The predicted molar refractivity (Wildman–Crippen MR) is 383 cm³/mol. The Morgan fingerprint density at radius 1 is 0.330 bits per heavy atom. The fourth-order valence-corrected chi connectivity index (χ4v) is 14.7. The van der Waals surface area contributed by atoms with Gasteiger partial charge in [-0.3, -0.25) is 19.2 Å². The third-order valence-electron chi connectivity index (χ3n) is 19.2. The second kappa shape index (κ2) is 22.4. The van der Waals surface area contributed by atoms with E-state index in [9.17, 15) is 9.59 Å². The zero-order valence-corrected chi connectivity index (χ0v) is 53.5. The topological polar surface area (TPSA) is 149 Å². The molecular formula is C82H66N2O10. The number of rotatable bonds is 16. The summed E-state index contributed by atoms with van der Waals surface area (Å²) in [6, 6.07) is 49.8. The van der Waals surface area contributed by atoms with Crippen molar-refractivity contribution in [3.8, 4) is 22.9 Å². The largest absolute Gasteiger partial charge is 0.490 e. The lowest BCUT2D eigenvalue weighted by Gasteiger charge is -2.23. The molecule has 0 spiro atoms. The molecule has 0 saturated heterocycles. The Morgan fingerprint density at radius 2 is 0.574 bits per heavy atom. The third kappa shape index (κ3) is 9.23. The number of pyridine rings is 2. The second-order valence-electron chi connectivity index (χ2n) is 26.1. The average Bonchev–Trinajstić information content (AvgIpc) is 1.45. The molecule has 15 rings (SSSR count). The number of fused-ring (bicyclic) bond motifs is 10. The summed E-state index contributed by atoms with van der Waals surface area (Å²) in [4.78, 5) is 83.7.